The minimum absolute atomic E-state index is 0. The summed E-state index contributed by atoms with van der Waals surface area (Å²) in [5.41, 5.74) is 18.5. The van der Waals surface area contributed by atoms with Crippen LogP contribution in [0.25, 0.3) is 21.5 Å². The fraction of sp³-hybridized carbons (Fsp3) is 0.296. The number of carbonyl (C=O) groups is 1. The van der Waals surface area contributed by atoms with Crippen LogP contribution in [0.1, 0.15) is 31.9 Å². The summed E-state index contributed by atoms with van der Waals surface area (Å²) in [7, 11) is 3.17. The second-order valence-corrected chi connectivity index (χ2v) is 9.41. The van der Waals surface area contributed by atoms with E-state index in [-0.39, 0.29) is 31.4 Å². The Labute approximate surface area is 240 Å². The van der Waals surface area contributed by atoms with Crippen molar-refractivity contribution in [2.45, 2.75) is 39.4 Å². The smallest absolute Gasteiger partial charge is 0.408 e. The van der Waals surface area contributed by atoms with Crippen molar-refractivity contribution in [2.24, 2.45) is 5.73 Å². The SMILES string of the molecule is COc1cc2c(N)nccc2cc1CN.COc1cc2c(N)nccc2cc1CN(C(=O)O)C(C)(C)C.Cl.Cl. The van der Waals surface area contributed by atoms with Crippen LogP contribution >= 0.6 is 24.8 Å². The number of hydrogen-bond acceptors (Lipinski definition) is 8. The fourth-order valence-corrected chi connectivity index (χ4v) is 3.97. The fourth-order valence-electron chi connectivity index (χ4n) is 3.97. The maximum absolute atomic E-state index is 11.5. The minimum atomic E-state index is -0.969. The number of nitrogen functional groups attached to an aromatic ring is 2. The summed E-state index contributed by atoms with van der Waals surface area (Å²) < 4.78 is 10.6. The first-order valence-electron chi connectivity index (χ1n) is 11.6. The molecule has 10 nitrogen and oxygen atoms in total. The van der Waals surface area contributed by atoms with Gasteiger partial charge < -0.3 is 31.8 Å². The summed E-state index contributed by atoms with van der Waals surface area (Å²) in [4.78, 5) is 21.0. The van der Waals surface area contributed by atoms with Gasteiger partial charge >= 0.3 is 6.09 Å². The van der Waals surface area contributed by atoms with Crippen LogP contribution in [-0.4, -0.2) is 45.8 Å². The first-order valence-corrected chi connectivity index (χ1v) is 11.6. The third kappa shape index (κ3) is 7.66. The lowest BCUT2D eigenvalue weighted by molar-refractivity contribution is 0.0950. The molecule has 0 spiro atoms. The molecule has 0 aliphatic rings. The number of fused-ring (bicyclic) bond motifs is 2. The zero-order valence-electron chi connectivity index (χ0n) is 22.6. The van der Waals surface area contributed by atoms with E-state index in [2.05, 4.69) is 9.97 Å². The van der Waals surface area contributed by atoms with E-state index in [1.807, 2.05) is 51.1 Å². The Hall–Kier alpha value is -3.73. The zero-order valence-corrected chi connectivity index (χ0v) is 24.2. The molecule has 39 heavy (non-hydrogen) atoms. The third-order valence-corrected chi connectivity index (χ3v) is 5.98. The van der Waals surface area contributed by atoms with Crippen molar-refractivity contribution in [3.8, 4) is 11.5 Å². The van der Waals surface area contributed by atoms with Crippen LogP contribution in [0.2, 0.25) is 0 Å². The first-order chi connectivity index (χ1) is 17.5. The number of halogens is 2. The molecule has 2 aromatic carbocycles. The molecule has 0 atom stereocenters. The second kappa shape index (κ2) is 13.9. The van der Waals surface area contributed by atoms with Gasteiger partial charge in [0.1, 0.15) is 23.1 Å². The average Bonchev–Trinajstić information content (AvgIpc) is 2.86. The second-order valence-electron chi connectivity index (χ2n) is 9.41. The molecule has 12 heteroatoms. The highest BCUT2D eigenvalue weighted by molar-refractivity contribution is 5.93. The molecular weight excluding hydrogens is 543 g/mol. The number of nitrogens with two attached hydrogens (primary N) is 3. The van der Waals surface area contributed by atoms with E-state index in [1.54, 1.807) is 32.7 Å². The summed E-state index contributed by atoms with van der Waals surface area (Å²) >= 11 is 0. The maximum Gasteiger partial charge on any atom is 0.408 e. The molecule has 4 aromatic rings. The Morgan fingerprint density at radius 1 is 0.872 bits per heavy atom. The van der Waals surface area contributed by atoms with Crippen molar-refractivity contribution in [3.63, 3.8) is 0 Å². The summed E-state index contributed by atoms with van der Waals surface area (Å²) in [6.07, 6.45) is 2.35. The molecule has 0 fully saturated rings. The maximum atomic E-state index is 11.5. The number of rotatable bonds is 5. The van der Waals surface area contributed by atoms with Gasteiger partial charge in [0.15, 0.2) is 0 Å². The molecule has 0 aliphatic heterocycles. The Morgan fingerprint density at radius 3 is 1.69 bits per heavy atom. The summed E-state index contributed by atoms with van der Waals surface area (Å²) in [5, 5.41) is 13.1. The van der Waals surface area contributed by atoms with Crippen molar-refractivity contribution in [2.75, 3.05) is 25.7 Å². The third-order valence-electron chi connectivity index (χ3n) is 5.98. The van der Waals surface area contributed by atoms with Gasteiger partial charge in [-0.25, -0.2) is 14.8 Å². The molecule has 0 saturated carbocycles. The summed E-state index contributed by atoms with van der Waals surface area (Å²) in [6.45, 7) is 6.26. The van der Waals surface area contributed by atoms with E-state index in [9.17, 15) is 9.90 Å². The van der Waals surface area contributed by atoms with Crippen LogP contribution in [0.3, 0.4) is 0 Å². The van der Waals surface area contributed by atoms with Gasteiger partial charge in [0.05, 0.1) is 20.8 Å². The van der Waals surface area contributed by atoms with E-state index < -0.39 is 11.6 Å². The molecule has 2 aromatic heterocycles. The number of anilines is 2. The van der Waals surface area contributed by atoms with Crippen molar-refractivity contribution in [1.82, 2.24) is 14.9 Å². The molecule has 212 valence electrons. The highest BCUT2D eigenvalue weighted by atomic mass is 35.5. The van der Waals surface area contributed by atoms with Gasteiger partial charge in [-0.2, -0.15) is 0 Å². The summed E-state index contributed by atoms with van der Waals surface area (Å²) in [6, 6.07) is 11.3. The molecule has 4 rings (SSSR count). The number of amides is 1. The highest BCUT2D eigenvalue weighted by Gasteiger charge is 2.27. The molecule has 0 aliphatic carbocycles. The van der Waals surface area contributed by atoms with E-state index in [0.717, 1.165) is 38.4 Å². The van der Waals surface area contributed by atoms with Crippen LogP contribution in [0.4, 0.5) is 16.4 Å². The predicted molar refractivity (Wildman–Crippen MR) is 161 cm³/mol. The van der Waals surface area contributed by atoms with Gasteiger partial charge in [-0.1, -0.05) is 0 Å². The predicted octanol–water partition coefficient (Wildman–Crippen LogP) is 5.23. The van der Waals surface area contributed by atoms with E-state index in [0.29, 0.717) is 23.9 Å². The van der Waals surface area contributed by atoms with E-state index in [4.69, 9.17) is 26.7 Å². The van der Waals surface area contributed by atoms with Gasteiger partial charge in [-0.05, 0) is 67.9 Å². The van der Waals surface area contributed by atoms with Crippen LogP contribution in [-0.2, 0) is 13.1 Å². The van der Waals surface area contributed by atoms with Gasteiger partial charge in [0, 0.05) is 46.4 Å². The minimum Gasteiger partial charge on any atom is -0.496 e. The van der Waals surface area contributed by atoms with Crippen LogP contribution in [0, 0.1) is 0 Å². The standard InChI is InChI=1S/C16H21N3O3.C11H13N3O.2ClH/c1-16(2,3)19(15(20)21)9-11-7-10-5-6-18-14(17)12(10)8-13(11)22-4;1-15-10-5-9-7(4-8(10)6-12)2-3-14-11(9)13;;/h5-8H,9H2,1-4H3,(H2,17,18)(H,20,21);2-5H,6,12H2,1H3,(H2,13,14);2*1H. The first kappa shape index (κ1) is 33.3. The number of methoxy groups -OCH3 is 2. The topological polar surface area (TPSA) is 163 Å². The van der Waals surface area contributed by atoms with E-state index >= 15 is 0 Å². The van der Waals surface area contributed by atoms with E-state index in [1.165, 1.54) is 4.90 Å². The Bertz CT molecular complexity index is 1430. The van der Waals surface area contributed by atoms with Crippen molar-refractivity contribution >= 4 is 64.1 Å². The van der Waals surface area contributed by atoms with Gasteiger partial charge in [0.2, 0.25) is 0 Å². The highest BCUT2D eigenvalue weighted by Crippen LogP contribution is 2.31. The molecular formula is C27H36Cl2N6O4. The number of nitrogens with zero attached hydrogens (tertiary/aromatic N) is 3. The molecule has 0 radical (unpaired) electrons. The monoisotopic (exact) mass is 578 g/mol. The van der Waals surface area contributed by atoms with Crippen molar-refractivity contribution < 1.29 is 19.4 Å². The largest absolute Gasteiger partial charge is 0.496 e. The van der Waals surface area contributed by atoms with Crippen molar-refractivity contribution in [3.05, 3.63) is 59.9 Å². The Kier molecular flexibility index (Phi) is 11.9. The lowest BCUT2D eigenvalue weighted by atomic mass is 10.0. The number of pyridine rings is 2. The summed E-state index contributed by atoms with van der Waals surface area (Å²) in [5.74, 6) is 2.29. The Morgan fingerprint density at radius 2 is 1.31 bits per heavy atom. The van der Waals surface area contributed by atoms with Gasteiger partial charge in [0.25, 0.3) is 0 Å². The van der Waals surface area contributed by atoms with Crippen LogP contribution in [0.15, 0.2) is 48.8 Å². The number of aromatic nitrogens is 2. The number of ether oxygens (including phenoxy) is 2. The van der Waals surface area contributed by atoms with Crippen LogP contribution < -0.4 is 26.7 Å². The molecule has 1 amide bonds. The lowest BCUT2D eigenvalue weighted by Crippen LogP contribution is -2.44. The normalized spacial score (nSPS) is 10.5. The van der Waals surface area contributed by atoms with Gasteiger partial charge in [-0.15, -0.1) is 24.8 Å². The molecule has 0 bridgehead atoms. The van der Waals surface area contributed by atoms with Crippen LogP contribution in [0.5, 0.6) is 11.5 Å². The number of benzene rings is 2. The molecule has 0 saturated heterocycles. The number of carboxylic acid groups (broad SMARTS) is 1. The molecule has 7 N–H and O–H groups in total. The Balaban J connectivity index is 0.000000394. The molecule has 2 heterocycles. The van der Waals surface area contributed by atoms with Crippen molar-refractivity contribution in [1.29, 1.82) is 0 Å². The zero-order chi connectivity index (χ0) is 27.3. The molecule has 0 unspecified atom stereocenters. The quantitative estimate of drug-likeness (QED) is 0.248. The average molecular weight is 580 g/mol. The number of hydrogen-bond donors (Lipinski definition) is 4. The lowest BCUT2D eigenvalue weighted by Gasteiger charge is -2.33. The van der Waals surface area contributed by atoms with Gasteiger partial charge in [-0.3, -0.25) is 4.90 Å².